The molecule has 2 aliphatic rings. The van der Waals surface area contributed by atoms with Crippen LogP contribution in [0.5, 0.6) is 0 Å². The van der Waals surface area contributed by atoms with Crippen molar-refractivity contribution in [2.45, 2.75) is 26.2 Å². The highest BCUT2D eigenvalue weighted by atomic mass is 16.3. The Kier molecular flexibility index (Phi) is 1.48. The molecule has 0 aromatic carbocycles. The summed E-state index contributed by atoms with van der Waals surface area (Å²) in [6, 6.07) is 0. The second kappa shape index (κ2) is 2.23. The van der Waals surface area contributed by atoms with Crippen LogP contribution in [0.2, 0.25) is 0 Å². The van der Waals surface area contributed by atoms with Gasteiger partial charge in [-0.25, -0.2) is 0 Å². The Morgan fingerprint density at radius 3 is 2.50 bits per heavy atom. The smallest absolute Gasteiger partial charge is 0.0462 e. The summed E-state index contributed by atoms with van der Waals surface area (Å²) >= 11 is 0. The highest BCUT2D eigenvalue weighted by Gasteiger charge is 2.43. The van der Waals surface area contributed by atoms with Gasteiger partial charge in [0, 0.05) is 6.61 Å². The van der Waals surface area contributed by atoms with Crippen molar-refractivity contribution in [2.24, 2.45) is 23.7 Å². The highest BCUT2D eigenvalue weighted by Crippen LogP contribution is 2.51. The van der Waals surface area contributed by atoms with Crippen LogP contribution in [0.15, 0.2) is 0 Å². The fourth-order valence-electron chi connectivity index (χ4n) is 3.08. The van der Waals surface area contributed by atoms with Gasteiger partial charge in [0.25, 0.3) is 0 Å². The number of aliphatic hydroxyl groups excluding tert-OH is 1. The van der Waals surface area contributed by atoms with Crippen molar-refractivity contribution in [2.75, 3.05) is 6.61 Å². The first-order chi connectivity index (χ1) is 4.81. The van der Waals surface area contributed by atoms with Crippen molar-refractivity contribution in [3.8, 4) is 0 Å². The normalized spacial score (nSPS) is 52.2. The molecule has 2 fully saturated rings. The van der Waals surface area contributed by atoms with Crippen LogP contribution in [0.3, 0.4) is 0 Å². The quantitative estimate of drug-likeness (QED) is 0.587. The van der Waals surface area contributed by atoms with Gasteiger partial charge in [-0.3, -0.25) is 0 Å². The number of rotatable bonds is 1. The molecule has 1 heteroatoms. The minimum absolute atomic E-state index is 0.436. The first-order valence-corrected chi connectivity index (χ1v) is 4.42. The second-order valence-electron chi connectivity index (χ2n) is 4.16. The molecule has 2 bridgehead atoms. The Hall–Kier alpha value is -0.0400. The fourth-order valence-corrected chi connectivity index (χ4v) is 3.08. The summed E-state index contributed by atoms with van der Waals surface area (Å²) in [4.78, 5) is 0. The van der Waals surface area contributed by atoms with Crippen LogP contribution in [0.4, 0.5) is 0 Å². The van der Waals surface area contributed by atoms with E-state index in [0.29, 0.717) is 12.5 Å². The summed E-state index contributed by atoms with van der Waals surface area (Å²) in [5.41, 5.74) is 0. The Bertz CT molecular complexity index is 131. The molecule has 2 saturated carbocycles. The van der Waals surface area contributed by atoms with E-state index in [4.69, 9.17) is 5.11 Å². The third-order valence-electron chi connectivity index (χ3n) is 3.52. The molecule has 2 rings (SSSR count). The maximum absolute atomic E-state index is 9.01. The van der Waals surface area contributed by atoms with Gasteiger partial charge in [-0.15, -0.1) is 0 Å². The third kappa shape index (κ3) is 0.800. The molecule has 0 heterocycles. The van der Waals surface area contributed by atoms with E-state index in [1.807, 2.05) is 0 Å². The summed E-state index contributed by atoms with van der Waals surface area (Å²) in [7, 11) is 0. The zero-order valence-corrected chi connectivity index (χ0v) is 6.59. The predicted molar refractivity (Wildman–Crippen MR) is 40.6 cm³/mol. The van der Waals surface area contributed by atoms with Crippen LogP contribution in [-0.4, -0.2) is 11.7 Å². The number of fused-ring (bicyclic) bond motifs is 2. The van der Waals surface area contributed by atoms with Crippen molar-refractivity contribution in [3.05, 3.63) is 0 Å². The molecule has 0 amide bonds. The van der Waals surface area contributed by atoms with Crippen molar-refractivity contribution in [3.63, 3.8) is 0 Å². The van der Waals surface area contributed by atoms with Crippen LogP contribution in [-0.2, 0) is 0 Å². The number of aliphatic hydroxyl groups is 1. The van der Waals surface area contributed by atoms with Crippen molar-refractivity contribution in [1.82, 2.24) is 0 Å². The molecule has 2 aliphatic carbocycles. The van der Waals surface area contributed by atoms with E-state index in [-0.39, 0.29) is 0 Å². The summed E-state index contributed by atoms with van der Waals surface area (Å²) in [6.07, 6.45) is 4.15. The molecule has 4 unspecified atom stereocenters. The number of hydrogen-bond acceptors (Lipinski definition) is 1. The molecular weight excluding hydrogens is 124 g/mol. The van der Waals surface area contributed by atoms with Crippen LogP contribution >= 0.6 is 0 Å². The van der Waals surface area contributed by atoms with Crippen LogP contribution < -0.4 is 0 Å². The Morgan fingerprint density at radius 1 is 1.30 bits per heavy atom. The van der Waals surface area contributed by atoms with Crippen molar-refractivity contribution in [1.29, 1.82) is 0 Å². The molecule has 1 N–H and O–H groups in total. The first kappa shape index (κ1) is 6.66. The van der Waals surface area contributed by atoms with Crippen molar-refractivity contribution >= 4 is 0 Å². The van der Waals surface area contributed by atoms with E-state index in [1.165, 1.54) is 19.3 Å². The molecule has 0 aromatic rings. The second-order valence-corrected chi connectivity index (χ2v) is 4.16. The van der Waals surface area contributed by atoms with Crippen LogP contribution in [0.1, 0.15) is 26.2 Å². The van der Waals surface area contributed by atoms with Gasteiger partial charge in [0.2, 0.25) is 0 Å². The Balaban J connectivity index is 2.06. The first-order valence-electron chi connectivity index (χ1n) is 4.42. The predicted octanol–water partition coefficient (Wildman–Crippen LogP) is 1.66. The average molecular weight is 140 g/mol. The lowest BCUT2D eigenvalue weighted by Gasteiger charge is -2.24. The van der Waals surface area contributed by atoms with Gasteiger partial charge >= 0.3 is 0 Å². The molecule has 0 aromatic heterocycles. The largest absolute Gasteiger partial charge is 0.396 e. The van der Waals surface area contributed by atoms with Crippen LogP contribution in [0, 0.1) is 23.7 Å². The molecule has 10 heavy (non-hydrogen) atoms. The van der Waals surface area contributed by atoms with Gasteiger partial charge < -0.3 is 5.11 Å². The van der Waals surface area contributed by atoms with E-state index < -0.39 is 0 Å². The SMILES string of the molecule is CC1CC2CC(CO)C1C2. The molecule has 1 nitrogen and oxygen atoms in total. The van der Waals surface area contributed by atoms with Gasteiger partial charge in [0.15, 0.2) is 0 Å². The van der Waals surface area contributed by atoms with Gasteiger partial charge in [-0.1, -0.05) is 6.92 Å². The summed E-state index contributed by atoms with van der Waals surface area (Å²) in [5, 5.41) is 9.01. The monoisotopic (exact) mass is 140 g/mol. The van der Waals surface area contributed by atoms with E-state index in [2.05, 4.69) is 6.92 Å². The third-order valence-corrected chi connectivity index (χ3v) is 3.52. The summed E-state index contributed by atoms with van der Waals surface area (Å²) < 4.78 is 0. The maximum Gasteiger partial charge on any atom is 0.0462 e. The zero-order chi connectivity index (χ0) is 7.14. The Labute approximate surface area is 62.4 Å². The maximum atomic E-state index is 9.01. The van der Waals surface area contributed by atoms with E-state index >= 15 is 0 Å². The zero-order valence-electron chi connectivity index (χ0n) is 6.59. The molecule has 0 aliphatic heterocycles. The Morgan fingerprint density at radius 2 is 2.10 bits per heavy atom. The van der Waals surface area contributed by atoms with Gasteiger partial charge in [-0.2, -0.15) is 0 Å². The number of hydrogen-bond donors (Lipinski definition) is 1. The lowest BCUT2D eigenvalue weighted by atomic mass is 9.82. The summed E-state index contributed by atoms with van der Waals surface area (Å²) in [6.45, 7) is 2.78. The van der Waals surface area contributed by atoms with E-state index in [9.17, 15) is 0 Å². The molecular formula is C9H16O. The topological polar surface area (TPSA) is 20.2 Å². The molecule has 58 valence electrons. The molecule has 4 atom stereocenters. The lowest BCUT2D eigenvalue weighted by Crippen LogP contribution is -2.20. The van der Waals surface area contributed by atoms with Gasteiger partial charge in [0.1, 0.15) is 0 Å². The van der Waals surface area contributed by atoms with Gasteiger partial charge in [-0.05, 0) is 42.9 Å². The molecule has 0 spiro atoms. The molecule has 0 saturated heterocycles. The standard InChI is InChI=1S/C9H16O/c1-6-2-7-3-8(5-10)9(6)4-7/h6-10H,2-5H2,1H3. The lowest BCUT2D eigenvalue weighted by molar-refractivity contribution is 0.149. The summed E-state index contributed by atoms with van der Waals surface area (Å²) in [5.74, 6) is 3.40. The fraction of sp³-hybridized carbons (Fsp3) is 1.00. The minimum Gasteiger partial charge on any atom is -0.396 e. The average Bonchev–Trinajstić information content (AvgIpc) is 2.44. The molecule has 0 radical (unpaired) electrons. The minimum atomic E-state index is 0.436. The van der Waals surface area contributed by atoms with Gasteiger partial charge in [0.05, 0.1) is 0 Å². The highest BCUT2D eigenvalue weighted by molar-refractivity contribution is 4.93. The van der Waals surface area contributed by atoms with Crippen molar-refractivity contribution < 1.29 is 5.11 Å². The van der Waals surface area contributed by atoms with E-state index in [1.54, 1.807) is 0 Å². The van der Waals surface area contributed by atoms with Crippen LogP contribution in [0.25, 0.3) is 0 Å². The van der Waals surface area contributed by atoms with E-state index in [0.717, 1.165) is 17.8 Å².